The summed E-state index contributed by atoms with van der Waals surface area (Å²) in [6.45, 7) is 1.60. The smallest absolute Gasteiger partial charge is 0.449 e. The number of rotatable bonds is 6. The first-order valence-electron chi connectivity index (χ1n) is 8.37. The number of halogens is 3. The van der Waals surface area contributed by atoms with Gasteiger partial charge in [0.1, 0.15) is 0 Å². The SMILES string of the molecule is CCCOC(=O)N(c1ccccc1CN1CCCOC1=O)S(=O)(=O)C(F)(F)F. The Morgan fingerprint density at radius 2 is 2.00 bits per heavy atom. The molecular weight excluding hydrogens is 405 g/mol. The van der Waals surface area contributed by atoms with Gasteiger partial charge in [0, 0.05) is 6.54 Å². The summed E-state index contributed by atoms with van der Waals surface area (Å²) >= 11 is 0. The normalized spacial score (nSPS) is 15.1. The van der Waals surface area contributed by atoms with Crippen LogP contribution in [0.5, 0.6) is 0 Å². The third kappa shape index (κ3) is 4.66. The molecule has 1 heterocycles. The maximum absolute atomic E-state index is 13.2. The zero-order valence-electron chi connectivity index (χ0n) is 14.9. The van der Waals surface area contributed by atoms with E-state index in [-0.39, 0.29) is 38.3 Å². The van der Waals surface area contributed by atoms with Crippen molar-refractivity contribution >= 4 is 27.9 Å². The molecule has 0 atom stereocenters. The second-order valence-corrected chi connectivity index (χ2v) is 7.63. The summed E-state index contributed by atoms with van der Waals surface area (Å²) in [6, 6.07) is 5.09. The van der Waals surface area contributed by atoms with E-state index in [2.05, 4.69) is 4.74 Å². The summed E-state index contributed by atoms with van der Waals surface area (Å²) in [6.07, 6.45) is -1.56. The molecule has 1 fully saturated rings. The third-order valence-electron chi connectivity index (χ3n) is 3.76. The molecule has 8 nitrogen and oxygen atoms in total. The van der Waals surface area contributed by atoms with Crippen molar-refractivity contribution in [3.8, 4) is 0 Å². The van der Waals surface area contributed by atoms with Gasteiger partial charge in [0.25, 0.3) is 0 Å². The Balaban J connectivity index is 2.48. The minimum absolute atomic E-state index is 0.0163. The Hall–Kier alpha value is -2.50. The second-order valence-electron chi connectivity index (χ2n) is 5.85. The maximum atomic E-state index is 13.2. The van der Waals surface area contributed by atoms with E-state index in [1.165, 1.54) is 23.1 Å². The minimum Gasteiger partial charge on any atom is -0.449 e. The van der Waals surface area contributed by atoms with Crippen molar-refractivity contribution < 1.29 is 40.7 Å². The van der Waals surface area contributed by atoms with Crippen LogP contribution in [-0.4, -0.2) is 50.8 Å². The molecule has 28 heavy (non-hydrogen) atoms. The molecule has 0 bridgehead atoms. The van der Waals surface area contributed by atoms with Gasteiger partial charge in [-0.3, -0.25) is 0 Å². The highest BCUT2D eigenvalue weighted by molar-refractivity contribution is 7.94. The number of para-hydroxylation sites is 1. The van der Waals surface area contributed by atoms with Crippen LogP contribution in [0.2, 0.25) is 0 Å². The Morgan fingerprint density at radius 1 is 1.32 bits per heavy atom. The molecule has 0 N–H and O–H groups in total. The lowest BCUT2D eigenvalue weighted by molar-refractivity contribution is -0.0438. The first-order chi connectivity index (χ1) is 13.1. The van der Waals surface area contributed by atoms with Gasteiger partial charge in [0.2, 0.25) is 0 Å². The van der Waals surface area contributed by atoms with Crippen molar-refractivity contribution in [1.82, 2.24) is 4.90 Å². The lowest BCUT2D eigenvalue weighted by Crippen LogP contribution is -2.46. The van der Waals surface area contributed by atoms with Crippen molar-refractivity contribution in [2.45, 2.75) is 31.8 Å². The van der Waals surface area contributed by atoms with Gasteiger partial charge in [0.05, 0.1) is 25.4 Å². The average Bonchev–Trinajstić information content (AvgIpc) is 2.62. The highest BCUT2D eigenvalue weighted by Crippen LogP contribution is 2.34. The van der Waals surface area contributed by atoms with Crippen molar-refractivity contribution in [3.63, 3.8) is 0 Å². The lowest BCUT2D eigenvalue weighted by atomic mass is 10.1. The number of amides is 2. The van der Waals surface area contributed by atoms with Gasteiger partial charge < -0.3 is 14.4 Å². The molecule has 0 spiro atoms. The summed E-state index contributed by atoms with van der Waals surface area (Å²) in [5.74, 6) is 0. The molecule has 1 aliphatic rings. The summed E-state index contributed by atoms with van der Waals surface area (Å²) < 4.78 is 72.8. The molecule has 0 unspecified atom stereocenters. The minimum atomic E-state index is -6.07. The Morgan fingerprint density at radius 3 is 2.61 bits per heavy atom. The predicted molar refractivity (Wildman–Crippen MR) is 91.9 cm³/mol. The van der Waals surface area contributed by atoms with E-state index in [1.807, 2.05) is 0 Å². The van der Waals surface area contributed by atoms with E-state index in [0.717, 1.165) is 6.07 Å². The number of anilines is 1. The van der Waals surface area contributed by atoms with Crippen LogP contribution in [0.15, 0.2) is 24.3 Å². The fourth-order valence-electron chi connectivity index (χ4n) is 2.47. The molecular formula is C16H19F3N2O6S. The van der Waals surface area contributed by atoms with Crippen LogP contribution in [-0.2, 0) is 26.0 Å². The highest BCUT2D eigenvalue weighted by Gasteiger charge is 2.53. The van der Waals surface area contributed by atoms with Crippen LogP contribution in [0.4, 0.5) is 28.4 Å². The third-order valence-corrected chi connectivity index (χ3v) is 5.17. The Kier molecular flexibility index (Phi) is 6.75. The van der Waals surface area contributed by atoms with Crippen molar-refractivity contribution in [2.24, 2.45) is 0 Å². The van der Waals surface area contributed by atoms with Crippen molar-refractivity contribution in [2.75, 3.05) is 24.1 Å². The van der Waals surface area contributed by atoms with Crippen LogP contribution in [0.1, 0.15) is 25.3 Å². The summed E-state index contributed by atoms with van der Waals surface area (Å²) in [5.41, 5.74) is -6.25. The first-order valence-corrected chi connectivity index (χ1v) is 9.81. The van der Waals surface area contributed by atoms with E-state index < -0.39 is 37.7 Å². The molecule has 12 heteroatoms. The number of carbonyl (C=O) groups is 2. The Labute approximate surface area is 159 Å². The fourth-order valence-corrected chi connectivity index (χ4v) is 3.36. The molecule has 2 rings (SSSR count). The molecule has 156 valence electrons. The molecule has 1 saturated heterocycles. The van der Waals surface area contributed by atoms with E-state index in [0.29, 0.717) is 6.42 Å². The molecule has 0 radical (unpaired) electrons. The van der Waals surface area contributed by atoms with Crippen LogP contribution in [0, 0.1) is 0 Å². The highest BCUT2D eigenvalue weighted by atomic mass is 32.2. The van der Waals surface area contributed by atoms with E-state index in [1.54, 1.807) is 6.92 Å². The van der Waals surface area contributed by atoms with Gasteiger partial charge >= 0.3 is 27.7 Å². The molecule has 0 aromatic heterocycles. The van der Waals surface area contributed by atoms with Crippen LogP contribution in [0.25, 0.3) is 0 Å². The second kappa shape index (κ2) is 8.67. The van der Waals surface area contributed by atoms with Gasteiger partial charge in [-0.15, -0.1) is 0 Å². The monoisotopic (exact) mass is 424 g/mol. The predicted octanol–water partition coefficient (Wildman–Crippen LogP) is 3.23. The topological polar surface area (TPSA) is 93.2 Å². The number of ether oxygens (including phenoxy) is 2. The van der Waals surface area contributed by atoms with Crippen LogP contribution < -0.4 is 4.31 Å². The number of sulfonamides is 1. The van der Waals surface area contributed by atoms with E-state index >= 15 is 0 Å². The summed E-state index contributed by atoms with van der Waals surface area (Å²) in [4.78, 5) is 25.2. The summed E-state index contributed by atoms with van der Waals surface area (Å²) in [7, 11) is -6.07. The first kappa shape index (κ1) is 21.8. The zero-order chi connectivity index (χ0) is 20.9. The van der Waals surface area contributed by atoms with Gasteiger partial charge in [-0.05, 0) is 24.5 Å². The van der Waals surface area contributed by atoms with Crippen molar-refractivity contribution in [1.29, 1.82) is 0 Å². The molecule has 1 aromatic rings. The standard InChI is InChI=1S/C16H19F3N2O6S/c1-2-9-26-15(23)21(28(24,25)16(17,18)19)13-7-4-3-6-12(13)11-20-8-5-10-27-14(20)22/h3-4,6-7H,2,5,8-11H2,1H3. The van der Waals surface area contributed by atoms with E-state index in [9.17, 15) is 31.2 Å². The maximum Gasteiger partial charge on any atom is 0.517 e. The molecule has 0 saturated carbocycles. The van der Waals surface area contributed by atoms with Gasteiger partial charge in [-0.1, -0.05) is 25.1 Å². The van der Waals surface area contributed by atoms with Crippen LogP contribution in [0.3, 0.4) is 0 Å². The summed E-state index contributed by atoms with van der Waals surface area (Å²) in [5, 5.41) is 0. The zero-order valence-corrected chi connectivity index (χ0v) is 15.8. The molecule has 1 aliphatic heterocycles. The number of hydrogen-bond donors (Lipinski definition) is 0. The molecule has 1 aromatic carbocycles. The van der Waals surface area contributed by atoms with Gasteiger partial charge in [-0.25, -0.2) is 9.59 Å². The Bertz CT molecular complexity index is 828. The quantitative estimate of drug-likeness (QED) is 0.696. The number of hydrogen-bond acceptors (Lipinski definition) is 6. The number of alkyl halides is 3. The number of carbonyl (C=O) groups excluding carboxylic acids is 2. The largest absolute Gasteiger partial charge is 0.517 e. The molecule has 2 amide bonds. The number of benzene rings is 1. The van der Waals surface area contributed by atoms with Gasteiger partial charge in [-0.2, -0.15) is 25.9 Å². The van der Waals surface area contributed by atoms with Crippen LogP contribution >= 0.6 is 0 Å². The average molecular weight is 424 g/mol. The van der Waals surface area contributed by atoms with E-state index in [4.69, 9.17) is 4.74 Å². The fraction of sp³-hybridized carbons (Fsp3) is 0.500. The number of nitrogens with zero attached hydrogens (tertiary/aromatic N) is 2. The number of cyclic esters (lactones) is 1. The molecule has 0 aliphatic carbocycles. The lowest BCUT2D eigenvalue weighted by Gasteiger charge is -2.29. The van der Waals surface area contributed by atoms with Gasteiger partial charge in [0.15, 0.2) is 0 Å². The van der Waals surface area contributed by atoms with Crippen molar-refractivity contribution in [3.05, 3.63) is 29.8 Å².